The van der Waals surface area contributed by atoms with E-state index in [1.165, 1.54) is 20.5 Å². The molecule has 2 aromatic heterocycles. The van der Waals surface area contributed by atoms with Crippen LogP contribution in [0.25, 0.3) is 17.0 Å². The van der Waals surface area contributed by atoms with Gasteiger partial charge < -0.3 is 10.1 Å². The molecule has 1 N–H and O–H groups in total. The summed E-state index contributed by atoms with van der Waals surface area (Å²) in [6, 6.07) is 0. The summed E-state index contributed by atoms with van der Waals surface area (Å²) in [7, 11) is 3.01. The second-order valence-electron chi connectivity index (χ2n) is 6.53. The quantitative estimate of drug-likeness (QED) is 0.725. The van der Waals surface area contributed by atoms with Gasteiger partial charge in [0.15, 0.2) is 11.3 Å². The van der Waals surface area contributed by atoms with Gasteiger partial charge in [-0.3, -0.25) is 9.59 Å². The minimum absolute atomic E-state index is 0.246. The molecule has 27 heavy (non-hydrogen) atoms. The lowest BCUT2D eigenvalue weighted by atomic mass is 9.95. The monoisotopic (exact) mass is 366 g/mol. The lowest BCUT2D eigenvalue weighted by Gasteiger charge is -2.16. The third-order valence-electron chi connectivity index (χ3n) is 4.82. The van der Waals surface area contributed by atoms with Crippen LogP contribution in [-0.2, 0) is 9.59 Å². The van der Waals surface area contributed by atoms with E-state index < -0.39 is 17.7 Å². The summed E-state index contributed by atoms with van der Waals surface area (Å²) in [6.07, 6.45) is 5.14. The molecule has 0 bridgehead atoms. The zero-order valence-corrected chi connectivity index (χ0v) is 15.2. The molecular weight excluding hydrogens is 348 g/mol. The maximum atomic E-state index is 12.4. The Morgan fingerprint density at radius 3 is 2.70 bits per heavy atom. The van der Waals surface area contributed by atoms with Crippen LogP contribution in [-0.4, -0.2) is 45.9 Å². The Bertz CT molecular complexity index is 1080. The summed E-state index contributed by atoms with van der Waals surface area (Å²) in [5, 5.41) is 3.07. The summed E-state index contributed by atoms with van der Waals surface area (Å²) in [6.45, 7) is 1.72. The number of aromatic nitrogens is 4. The SMILES string of the molecule is CNC(=O)C1C(=O)N=c2nc(-c3c(OC)ncnc3C3CC3)ncc2=C1C. The van der Waals surface area contributed by atoms with Gasteiger partial charge in [-0.1, -0.05) is 0 Å². The Morgan fingerprint density at radius 2 is 2.04 bits per heavy atom. The van der Waals surface area contributed by atoms with Crippen molar-refractivity contribution in [3.8, 4) is 17.3 Å². The van der Waals surface area contributed by atoms with E-state index in [4.69, 9.17) is 4.74 Å². The largest absolute Gasteiger partial charge is 0.480 e. The first kappa shape index (κ1) is 17.2. The Morgan fingerprint density at radius 1 is 1.26 bits per heavy atom. The van der Waals surface area contributed by atoms with Gasteiger partial charge in [0, 0.05) is 24.4 Å². The first-order valence-corrected chi connectivity index (χ1v) is 8.62. The van der Waals surface area contributed by atoms with Gasteiger partial charge in [0.2, 0.25) is 11.8 Å². The van der Waals surface area contributed by atoms with Crippen molar-refractivity contribution in [1.29, 1.82) is 0 Å². The fraction of sp³-hybridized carbons (Fsp3) is 0.389. The van der Waals surface area contributed by atoms with Crippen molar-refractivity contribution in [3.63, 3.8) is 0 Å². The molecule has 2 amide bonds. The second kappa shape index (κ2) is 6.49. The molecule has 4 rings (SSSR count). The van der Waals surface area contributed by atoms with Gasteiger partial charge in [0.25, 0.3) is 5.91 Å². The molecule has 1 fully saturated rings. The summed E-state index contributed by atoms with van der Waals surface area (Å²) in [4.78, 5) is 45.9. The van der Waals surface area contributed by atoms with Crippen LogP contribution in [0.2, 0.25) is 0 Å². The molecule has 1 unspecified atom stereocenters. The summed E-state index contributed by atoms with van der Waals surface area (Å²) >= 11 is 0. The molecule has 0 spiro atoms. The van der Waals surface area contributed by atoms with E-state index in [1.807, 2.05) is 0 Å². The van der Waals surface area contributed by atoms with Gasteiger partial charge >= 0.3 is 0 Å². The van der Waals surface area contributed by atoms with Crippen molar-refractivity contribution < 1.29 is 14.3 Å². The first-order chi connectivity index (χ1) is 13.0. The van der Waals surface area contributed by atoms with Crippen LogP contribution in [0.15, 0.2) is 17.5 Å². The molecule has 9 nitrogen and oxygen atoms in total. The summed E-state index contributed by atoms with van der Waals surface area (Å²) in [5.74, 6) is -0.809. The number of amides is 2. The second-order valence-corrected chi connectivity index (χ2v) is 6.53. The highest BCUT2D eigenvalue weighted by molar-refractivity contribution is 6.08. The van der Waals surface area contributed by atoms with Crippen LogP contribution in [0.3, 0.4) is 0 Å². The molecular formula is C18H18N6O3. The van der Waals surface area contributed by atoms with Gasteiger partial charge in [-0.05, 0) is 25.3 Å². The standard InChI is InChI=1S/C18H18N6O3/c1-8-10-6-20-15(23-14(10)24-17(26)11(8)16(25)19-2)12-13(9-4-5-9)21-7-22-18(12)27-3/h6-7,9,11H,4-5H2,1-3H3,(H,19,25). The average molecular weight is 366 g/mol. The fourth-order valence-corrected chi connectivity index (χ4v) is 3.23. The van der Waals surface area contributed by atoms with Crippen LogP contribution in [0.5, 0.6) is 5.88 Å². The number of carbonyl (C=O) groups excluding carboxylic acids is 2. The Kier molecular flexibility index (Phi) is 4.14. The number of rotatable bonds is 4. The molecule has 3 heterocycles. The molecule has 0 aromatic carbocycles. The zero-order chi connectivity index (χ0) is 19.1. The van der Waals surface area contributed by atoms with Crippen molar-refractivity contribution in [2.45, 2.75) is 25.7 Å². The Labute approximate surface area is 154 Å². The molecule has 138 valence electrons. The van der Waals surface area contributed by atoms with Crippen molar-refractivity contribution in [3.05, 3.63) is 28.9 Å². The average Bonchev–Trinajstić information content (AvgIpc) is 3.51. The Balaban J connectivity index is 1.91. The van der Waals surface area contributed by atoms with Crippen LogP contribution >= 0.6 is 0 Å². The lowest BCUT2D eigenvalue weighted by molar-refractivity contribution is -0.130. The molecule has 2 aromatic rings. The van der Waals surface area contributed by atoms with Gasteiger partial charge in [-0.15, -0.1) is 0 Å². The van der Waals surface area contributed by atoms with E-state index in [0.29, 0.717) is 34.0 Å². The van der Waals surface area contributed by atoms with Crippen LogP contribution in [0.4, 0.5) is 0 Å². The summed E-state index contributed by atoms with van der Waals surface area (Å²) in [5.41, 5.74) is 2.29. The highest BCUT2D eigenvalue weighted by atomic mass is 16.5. The van der Waals surface area contributed by atoms with Crippen LogP contribution < -0.4 is 20.8 Å². The minimum atomic E-state index is -0.950. The predicted molar refractivity (Wildman–Crippen MR) is 94.0 cm³/mol. The lowest BCUT2D eigenvalue weighted by Crippen LogP contribution is -2.44. The van der Waals surface area contributed by atoms with Gasteiger partial charge in [-0.2, -0.15) is 4.99 Å². The van der Waals surface area contributed by atoms with Crippen molar-refractivity contribution in [2.75, 3.05) is 14.2 Å². The smallest absolute Gasteiger partial charge is 0.264 e. The molecule has 0 saturated heterocycles. The zero-order valence-electron chi connectivity index (χ0n) is 15.2. The molecule has 9 heteroatoms. The molecule has 2 aliphatic rings. The van der Waals surface area contributed by atoms with E-state index in [-0.39, 0.29) is 5.49 Å². The number of hydrogen-bond donors (Lipinski definition) is 1. The van der Waals surface area contributed by atoms with E-state index >= 15 is 0 Å². The maximum Gasteiger partial charge on any atom is 0.264 e. The van der Waals surface area contributed by atoms with Crippen LogP contribution in [0, 0.1) is 5.92 Å². The molecule has 1 aliphatic heterocycles. The van der Waals surface area contributed by atoms with Crippen molar-refractivity contribution in [1.82, 2.24) is 25.3 Å². The molecule has 1 saturated carbocycles. The topological polar surface area (TPSA) is 119 Å². The van der Waals surface area contributed by atoms with E-state index in [2.05, 4.69) is 30.2 Å². The number of methoxy groups -OCH3 is 1. The molecule has 1 aliphatic carbocycles. The van der Waals surface area contributed by atoms with Gasteiger partial charge in [0.1, 0.15) is 17.8 Å². The van der Waals surface area contributed by atoms with Gasteiger partial charge in [0.05, 0.1) is 12.8 Å². The summed E-state index contributed by atoms with van der Waals surface area (Å²) < 4.78 is 5.38. The van der Waals surface area contributed by atoms with E-state index in [9.17, 15) is 9.59 Å². The number of fused-ring (bicyclic) bond motifs is 1. The van der Waals surface area contributed by atoms with Gasteiger partial charge in [-0.25, -0.2) is 19.9 Å². The number of ether oxygens (including phenoxy) is 1. The third kappa shape index (κ3) is 2.84. The fourth-order valence-electron chi connectivity index (χ4n) is 3.23. The minimum Gasteiger partial charge on any atom is -0.480 e. The predicted octanol–water partition coefficient (Wildman–Crippen LogP) is -0.488. The van der Waals surface area contributed by atoms with Crippen molar-refractivity contribution >= 4 is 17.4 Å². The van der Waals surface area contributed by atoms with E-state index in [1.54, 1.807) is 13.1 Å². The number of hydrogen-bond acceptors (Lipinski definition) is 7. The third-order valence-corrected chi connectivity index (χ3v) is 4.82. The normalized spacial score (nSPS) is 18.6. The number of nitrogens with one attached hydrogen (secondary N) is 1. The number of nitrogens with zero attached hydrogens (tertiary/aromatic N) is 5. The van der Waals surface area contributed by atoms with Crippen LogP contribution in [0.1, 0.15) is 31.4 Å². The maximum absolute atomic E-state index is 12.4. The highest BCUT2D eigenvalue weighted by Gasteiger charge is 2.33. The number of carbonyl (C=O) groups is 2. The first-order valence-electron chi connectivity index (χ1n) is 8.62. The highest BCUT2D eigenvalue weighted by Crippen LogP contribution is 2.44. The molecule has 1 atom stereocenters. The van der Waals surface area contributed by atoms with E-state index in [0.717, 1.165) is 18.5 Å². The molecule has 0 radical (unpaired) electrons. The van der Waals surface area contributed by atoms with Crippen molar-refractivity contribution in [2.24, 2.45) is 10.9 Å². The Hall–Kier alpha value is -3.23.